The van der Waals surface area contributed by atoms with Crippen molar-refractivity contribution in [2.24, 2.45) is 0 Å². The van der Waals surface area contributed by atoms with Gasteiger partial charge >= 0.3 is 5.97 Å². The normalized spacial score (nSPS) is 10.7. The molecule has 134 valence electrons. The maximum absolute atomic E-state index is 13.1. The number of hydrogen-bond donors (Lipinski definition) is 1. The number of rotatable bonds is 6. The molecule has 0 amide bonds. The maximum Gasteiger partial charge on any atom is 0.305 e. The molecule has 6 heteroatoms. The average Bonchev–Trinajstić information content (AvgIpc) is 3.08. The number of hydrogen-bond acceptors (Lipinski definition) is 4. The number of carboxylic acids is 1. The number of carboxylic acid groups (broad SMARTS) is 1. The van der Waals surface area contributed by atoms with E-state index < -0.39 is 5.97 Å². The first-order valence-electron chi connectivity index (χ1n) is 8.22. The standard InChI is InChI=1S/C20H19FN2O2S/c1-13-3-4-14(2)18(11-13)23(10-9-19(24)25)20-22-17(12-26-20)15-5-7-16(21)8-6-15/h3-8,11-12H,9-10H2,1-2H3,(H,24,25). The van der Waals surface area contributed by atoms with E-state index in [1.54, 1.807) is 12.1 Å². The highest BCUT2D eigenvalue weighted by atomic mass is 32.1. The molecule has 0 radical (unpaired) electrons. The van der Waals surface area contributed by atoms with Crippen LogP contribution in [0.4, 0.5) is 15.2 Å². The summed E-state index contributed by atoms with van der Waals surface area (Å²) in [6, 6.07) is 12.3. The molecule has 0 bridgehead atoms. The first kappa shape index (κ1) is 18.1. The predicted molar refractivity (Wildman–Crippen MR) is 103 cm³/mol. The van der Waals surface area contributed by atoms with E-state index in [0.29, 0.717) is 6.54 Å². The monoisotopic (exact) mass is 370 g/mol. The molecule has 2 aromatic carbocycles. The van der Waals surface area contributed by atoms with Gasteiger partial charge in [0.2, 0.25) is 0 Å². The Hall–Kier alpha value is -2.73. The van der Waals surface area contributed by atoms with Crippen molar-refractivity contribution in [3.8, 4) is 11.3 Å². The largest absolute Gasteiger partial charge is 0.481 e. The predicted octanol–water partition coefficient (Wildman–Crippen LogP) is 5.18. The highest BCUT2D eigenvalue weighted by molar-refractivity contribution is 7.14. The van der Waals surface area contributed by atoms with Crippen LogP contribution >= 0.6 is 11.3 Å². The lowest BCUT2D eigenvalue weighted by molar-refractivity contribution is -0.136. The number of aryl methyl sites for hydroxylation is 2. The molecular weight excluding hydrogens is 351 g/mol. The van der Waals surface area contributed by atoms with Gasteiger partial charge in [-0.15, -0.1) is 11.3 Å². The Labute approximate surface area is 155 Å². The van der Waals surface area contributed by atoms with E-state index >= 15 is 0 Å². The Bertz CT molecular complexity index is 922. The second-order valence-electron chi connectivity index (χ2n) is 6.11. The Morgan fingerprint density at radius 3 is 2.62 bits per heavy atom. The van der Waals surface area contributed by atoms with Crippen LogP contribution in [0, 0.1) is 19.7 Å². The van der Waals surface area contributed by atoms with E-state index in [0.717, 1.165) is 33.2 Å². The molecule has 0 spiro atoms. The van der Waals surface area contributed by atoms with E-state index in [-0.39, 0.29) is 12.2 Å². The molecule has 0 fully saturated rings. The summed E-state index contributed by atoms with van der Waals surface area (Å²) in [5.74, 6) is -1.14. The fourth-order valence-corrected chi connectivity index (χ4v) is 3.55. The second-order valence-corrected chi connectivity index (χ2v) is 6.94. The molecule has 4 nitrogen and oxygen atoms in total. The van der Waals surface area contributed by atoms with Crippen molar-refractivity contribution >= 4 is 28.1 Å². The van der Waals surface area contributed by atoms with Gasteiger partial charge in [-0.25, -0.2) is 9.37 Å². The zero-order valence-electron chi connectivity index (χ0n) is 14.6. The minimum atomic E-state index is -0.851. The minimum absolute atomic E-state index is 0.0127. The number of aromatic nitrogens is 1. The van der Waals surface area contributed by atoms with Crippen LogP contribution in [0.15, 0.2) is 47.8 Å². The summed E-state index contributed by atoms with van der Waals surface area (Å²) in [6.07, 6.45) is 0.0127. The molecule has 0 unspecified atom stereocenters. The smallest absolute Gasteiger partial charge is 0.305 e. The number of anilines is 2. The summed E-state index contributed by atoms with van der Waals surface area (Å²) in [5.41, 5.74) is 4.68. The fraction of sp³-hybridized carbons (Fsp3) is 0.200. The molecule has 1 aromatic heterocycles. The van der Waals surface area contributed by atoms with Gasteiger partial charge in [0.1, 0.15) is 5.82 Å². The van der Waals surface area contributed by atoms with Crippen molar-refractivity contribution in [1.82, 2.24) is 4.98 Å². The third kappa shape index (κ3) is 4.08. The molecule has 0 aliphatic rings. The van der Waals surface area contributed by atoms with Gasteiger partial charge < -0.3 is 10.0 Å². The molecular formula is C20H19FN2O2S. The summed E-state index contributed by atoms with van der Waals surface area (Å²) in [5, 5.41) is 11.7. The Morgan fingerprint density at radius 1 is 1.19 bits per heavy atom. The molecule has 3 aromatic rings. The number of thiazole rings is 1. The molecule has 1 heterocycles. The first-order valence-corrected chi connectivity index (χ1v) is 9.10. The minimum Gasteiger partial charge on any atom is -0.481 e. The van der Waals surface area contributed by atoms with Gasteiger partial charge in [-0.05, 0) is 55.3 Å². The van der Waals surface area contributed by atoms with Crippen LogP contribution in [0.3, 0.4) is 0 Å². The Kier molecular flexibility index (Phi) is 5.32. The van der Waals surface area contributed by atoms with Gasteiger partial charge in [-0.1, -0.05) is 12.1 Å². The van der Waals surface area contributed by atoms with Gasteiger partial charge in [0.25, 0.3) is 0 Å². The van der Waals surface area contributed by atoms with Crippen LogP contribution in [0.25, 0.3) is 11.3 Å². The van der Waals surface area contributed by atoms with Gasteiger partial charge in [-0.2, -0.15) is 0 Å². The maximum atomic E-state index is 13.1. The van der Waals surface area contributed by atoms with Gasteiger partial charge in [0.15, 0.2) is 5.13 Å². The molecule has 0 saturated heterocycles. The third-order valence-corrected chi connectivity index (χ3v) is 4.93. The average molecular weight is 370 g/mol. The summed E-state index contributed by atoms with van der Waals surface area (Å²) < 4.78 is 13.1. The Morgan fingerprint density at radius 2 is 1.92 bits per heavy atom. The summed E-state index contributed by atoms with van der Waals surface area (Å²) >= 11 is 1.45. The molecule has 0 saturated carbocycles. The summed E-state index contributed by atoms with van der Waals surface area (Å²) in [4.78, 5) is 17.7. The SMILES string of the molecule is Cc1ccc(C)c(N(CCC(=O)O)c2nc(-c3ccc(F)cc3)cs2)c1. The molecule has 0 aliphatic carbocycles. The lowest BCUT2D eigenvalue weighted by Gasteiger charge is -2.23. The first-order chi connectivity index (χ1) is 12.4. The number of carbonyl (C=O) groups is 1. The van der Waals surface area contributed by atoms with Crippen molar-refractivity contribution in [3.63, 3.8) is 0 Å². The van der Waals surface area contributed by atoms with Crippen LogP contribution in [0.5, 0.6) is 0 Å². The lowest BCUT2D eigenvalue weighted by Crippen LogP contribution is -2.21. The molecule has 0 atom stereocenters. The van der Waals surface area contributed by atoms with Crippen molar-refractivity contribution in [3.05, 3.63) is 64.8 Å². The highest BCUT2D eigenvalue weighted by Gasteiger charge is 2.17. The quantitative estimate of drug-likeness (QED) is 0.650. The van der Waals surface area contributed by atoms with Gasteiger partial charge in [0, 0.05) is 23.2 Å². The zero-order chi connectivity index (χ0) is 18.7. The number of aliphatic carboxylic acids is 1. The van der Waals surface area contributed by atoms with Crippen molar-refractivity contribution in [1.29, 1.82) is 0 Å². The number of halogens is 1. The zero-order valence-corrected chi connectivity index (χ0v) is 15.4. The topological polar surface area (TPSA) is 53.4 Å². The van der Waals surface area contributed by atoms with Crippen LogP contribution in [-0.2, 0) is 4.79 Å². The summed E-state index contributed by atoms with van der Waals surface area (Å²) in [7, 11) is 0. The van der Waals surface area contributed by atoms with Crippen molar-refractivity contribution < 1.29 is 14.3 Å². The van der Waals surface area contributed by atoms with Crippen molar-refractivity contribution in [2.45, 2.75) is 20.3 Å². The number of benzene rings is 2. The molecule has 3 rings (SSSR count). The van der Waals surface area contributed by atoms with Crippen LogP contribution in [0.2, 0.25) is 0 Å². The fourth-order valence-electron chi connectivity index (χ4n) is 2.68. The molecule has 26 heavy (non-hydrogen) atoms. The lowest BCUT2D eigenvalue weighted by atomic mass is 10.1. The van der Waals surface area contributed by atoms with Gasteiger partial charge in [-0.3, -0.25) is 4.79 Å². The van der Waals surface area contributed by atoms with E-state index in [4.69, 9.17) is 5.11 Å². The highest BCUT2D eigenvalue weighted by Crippen LogP contribution is 2.34. The molecule has 0 aliphatic heterocycles. The van der Waals surface area contributed by atoms with E-state index in [1.165, 1.54) is 23.5 Å². The third-order valence-electron chi connectivity index (χ3n) is 4.07. The molecule has 1 N–H and O–H groups in total. The van der Waals surface area contributed by atoms with Gasteiger partial charge in [0.05, 0.1) is 12.1 Å². The summed E-state index contributed by atoms with van der Waals surface area (Å²) in [6.45, 7) is 4.33. The van der Waals surface area contributed by atoms with Crippen LogP contribution < -0.4 is 4.90 Å². The number of nitrogens with zero attached hydrogens (tertiary/aromatic N) is 2. The second kappa shape index (κ2) is 7.66. The Balaban J connectivity index is 1.98. The van der Waals surface area contributed by atoms with E-state index in [9.17, 15) is 9.18 Å². The van der Waals surface area contributed by atoms with Crippen LogP contribution in [0.1, 0.15) is 17.5 Å². The van der Waals surface area contributed by atoms with Crippen molar-refractivity contribution in [2.75, 3.05) is 11.4 Å². The van der Waals surface area contributed by atoms with E-state index in [1.807, 2.05) is 42.3 Å². The van der Waals surface area contributed by atoms with Crippen LogP contribution in [-0.4, -0.2) is 22.6 Å². The van der Waals surface area contributed by atoms with E-state index in [2.05, 4.69) is 4.98 Å².